The lowest BCUT2D eigenvalue weighted by molar-refractivity contribution is -0.140. The minimum absolute atomic E-state index is 0.141. The molecule has 0 aliphatic carbocycles. The molecule has 0 atom stereocenters. The van der Waals surface area contributed by atoms with E-state index in [2.05, 4.69) is 25.7 Å². The van der Waals surface area contributed by atoms with Crippen LogP contribution in [-0.2, 0) is 14.3 Å². The fraction of sp³-hybridized carbons (Fsp3) is 0.364. The van der Waals surface area contributed by atoms with Crippen molar-refractivity contribution in [3.63, 3.8) is 0 Å². The zero-order chi connectivity index (χ0) is 13.5. The van der Waals surface area contributed by atoms with Crippen molar-refractivity contribution in [2.75, 3.05) is 19.5 Å². The van der Waals surface area contributed by atoms with Crippen molar-refractivity contribution in [1.29, 1.82) is 0 Å². The molecule has 6 nitrogen and oxygen atoms in total. The predicted molar refractivity (Wildman–Crippen MR) is 67.9 cm³/mol. The first-order chi connectivity index (χ1) is 8.54. The van der Waals surface area contributed by atoms with Gasteiger partial charge >= 0.3 is 11.9 Å². The number of nitrogens with two attached hydrogens (primary N) is 1. The Morgan fingerprint density at radius 2 is 2.22 bits per heavy atom. The number of hydrogen-bond donors (Lipinski definition) is 1. The summed E-state index contributed by atoms with van der Waals surface area (Å²) in [7, 11) is 1.31. The molecular weight excluding hydrogens is 304 g/mol. The predicted octanol–water partition coefficient (Wildman–Crippen LogP) is 1.54. The summed E-state index contributed by atoms with van der Waals surface area (Å²) < 4.78 is 9.97. The van der Waals surface area contributed by atoms with Crippen molar-refractivity contribution >= 4 is 33.7 Å². The van der Waals surface area contributed by atoms with Crippen LogP contribution >= 0.6 is 15.9 Å². The minimum Gasteiger partial charge on any atom is -0.469 e. The molecule has 0 aromatic carbocycles. The van der Waals surface area contributed by atoms with Crippen molar-refractivity contribution in [2.45, 2.75) is 12.8 Å². The first-order valence-electron chi connectivity index (χ1n) is 5.19. The van der Waals surface area contributed by atoms with Crippen LogP contribution in [0.4, 0.5) is 5.82 Å². The summed E-state index contributed by atoms with van der Waals surface area (Å²) in [5, 5.41) is 0. The van der Waals surface area contributed by atoms with E-state index in [9.17, 15) is 9.59 Å². The van der Waals surface area contributed by atoms with E-state index in [4.69, 9.17) is 10.5 Å². The van der Waals surface area contributed by atoms with Gasteiger partial charge < -0.3 is 15.2 Å². The SMILES string of the molecule is COC(=O)CCCOC(=O)c1cc(N)ncc1Br. The molecule has 1 rings (SSSR count). The number of hydrogen-bond acceptors (Lipinski definition) is 6. The maximum Gasteiger partial charge on any atom is 0.339 e. The lowest BCUT2D eigenvalue weighted by atomic mass is 10.2. The third-order valence-corrected chi connectivity index (χ3v) is 2.71. The van der Waals surface area contributed by atoms with E-state index in [1.165, 1.54) is 19.4 Å². The van der Waals surface area contributed by atoms with Gasteiger partial charge in [0, 0.05) is 12.6 Å². The van der Waals surface area contributed by atoms with Crippen LogP contribution in [0.25, 0.3) is 0 Å². The largest absolute Gasteiger partial charge is 0.469 e. The first-order valence-corrected chi connectivity index (χ1v) is 5.99. The molecule has 0 amide bonds. The van der Waals surface area contributed by atoms with Crippen molar-refractivity contribution < 1.29 is 19.1 Å². The van der Waals surface area contributed by atoms with Crippen LogP contribution in [0.2, 0.25) is 0 Å². The van der Waals surface area contributed by atoms with Crippen LogP contribution in [-0.4, -0.2) is 30.6 Å². The molecule has 0 saturated heterocycles. The second-order valence-electron chi connectivity index (χ2n) is 3.40. The van der Waals surface area contributed by atoms with Gasteiger partial charge in [-0.15, -0.1) is 0 Å². The summed E-state index contributed by atoms with van der Waals surface area (Å²) >= 11 is 3.18. The summed E-state index contributed by atoms with van der Waals surface area (Å²) in [5.74, 6) is -0.610. The van der Waals surface area contributed by atoms with Gasteiger partial charge in [-0.3, -0.25) is 4.79 Å². The average Bonchev–Trinajstić information content (AvgIpc) is 2.36. The second-order valence-corrected chi connectivity index (χ2v) is 4.26. The number of ether oxygens (including phenoxy) is 2. The molecule has 2 N–H and O–H groups in total. The molecule has 0 aliphatic heterocycles. The van der Waals surface area contributed by atoms with E-state index in [1.54, 1.807) is 0 Å². The quantitative estimate of drug-likeness (QED) is 0.654. The van der Waals surface area contributed by atoms with Crippen LogP contribution < -0.4 is 5.73 Å². The van der Waals surface area contributed by atoms with Gasteiger partial charge in [0.1, 0.15) is 5.82 Å². The third kappa shape index (κ3) is 4.33. The number of carbonyl (C=O) groups is 2. The fourth-order valence-corrected chi connectivity index (χ4v) is 1.55. The number of carbonyl (C=O) groups excluding carboxylic acids is 2. The van der Waals surface area contributed by atoms with E-state index >= 15 is 0 Å². The monoisotopic (exact) mass is 316 g/mol. The number of pyridine rings is 1. The molecule has 0 unspecified atom stereocenters. The topological polar surface area (TPSA) is 91.5 Å². The van der Waals surface area contributed by atoms with Gasteiger partial charge in [0.15, 0.2) is 0 Å². The maximum atomic E-state index is 11.7. The molecule has 0 spiro atoms. The average molecular weight is 317 g/mol. The van der Waals surface area contributed by atoms with Crippen molar-refractivity contribution in [1.82, 2.24) is 4.98 Å². The molecule has 0 bridgehead atoms. The molecule has 1 aromatic heterocycles. The van der Waals surface area contributed by atoms with Gasteiger partial charge in [0.05, 0.1) is 23.8 Å². The Hall–Kier alpha value is -1.63. The number of anilines is 1. The van der Waals surface area contributed by atoms with Gasteiger partial charge in [0.2, 0.25) is 0 Å². The molecule has 1 heterocycles. The molecule has 0 saturated carbocycles. The van der Waals surface area contributed by atoms with Gasteiger partial charge in [-0.2, -0.15) is 0 Å². The van der Waals surface area contributed by atoms with E-state index in [1.807, 2.05) is 0 Å². The van der Waals surface area contributed by atoms with Gasteiger partial charge in [-0.05, 0) is 28.4 Å². The Kier molecular flexibility index (Phi) is 5.57. The van der Waals surface area contributed by atoms with Gasteiger partial charge in [0.25, 0.3) is 0 Å². The van der Waals surface area contributed by atoms with Gasteiger partial charge in [-0.25, -0.2) is 9.78 Å². The highest BCUT2D eigenvalue weighted by Crippen LogP contribution is 2.18. The standard InChI is InChI=1S/C11H13BrN2O4/c1-17-10(15)3-2-4-18-11(16)7-5-9(13)14-6-8(7)12/h5-6H,2-4H2,1H3,(H2,13,14). The molecule has 0 radical (unpaired) electrons. The Morgan fingerprint density at radius 1 is 1.50 bits per heavy atom. The zero-order valence-corrected chi connectivity index (χ0v) is 11.4. The zero-order valence-electron chi connectivity index (χ0n) is 9.81. The highest BCUT2D eigenvalue weighted by Gasteiger charge is 2.12. The van der Waals surface area contributed by atoms with E-state index in [-0.39, 0.29) is 24.8 Å². The summed E-state index contributed by atoms with van der Waals surface area (Å²) in [6, 6.07) is 1.42. The Balaban J connectivity index is 2.46. The number of rotatable bonds is 5. The number of nitrogens with zero attached hydrogens (tertiary/aromatic N) is 1. The third-order valence-electron chi connectivity index (χ3n) is 2.08. The van der Waals surface area contributed by atoms with Crippen molar-refractivity contribution in [3.05, 3.63) is 22.3 Å². The van der Waals surface area contributed by atoms with Gasteiger partial charge in [-0.1, -0.05) is 0 Å². The summed E-state index contributed by atoms with van der Waals surface area (Å²) in [6.07, 6.45) is 2.06. The number of esters is 2. The van der Waals surface area contributed by atoms with E-state index in [0.717, 1.165) is 0 Å². The van der Waals surface area contributed by atoms with Crippen molar-refractivity contribution in [2.24, 2.45) is 0 Å². The molecule has 7 heteroatoms. The molecule has 1 aromatic rings. The minimum atomic E-state index is -0.513. The van der Waals surface area contributed by atoms with E-state index in [0.29, 0.717) is 16.5 Å². The summed E-state index contributed by atoms with van der Waals surface area (Å²) in [6.45, 7) is 0.141. The van der Waals surface area contributed by atoms with Crippen molar-refractivity contribution in [3.8, 4) is 0 Å². The fourth-order valence-electron chi connectivity index (χ4n) is 1.17. The maximum absolute atomic E-state index is 11.7. The van der Waals surface area contributed by atoms with Crippen LogP contribution in [0.15, 0.2) is 16.7 Å². The smallest absolute Gasteiger partial charge is 0.339 e. The number of nitrogen functional groups attached to an aromatic ring is 1. The Morgan fingerprint density at radius 3 is 2.89 bits per heavy atom. The normalized spacial score (nSPS) is 9.89. The van der Waals surface area contributed by atoms with Crippen LogP contribution in [0.5, 0.6) is 0 Å². The highest BCUT2D eigenvalue weighted by atomic mass is 79.9. The Labute approximate surface area is 113 Å². The number of methoxy groups -OCH3 is 1. The molecule has 18 heavy (non-hydrogen) atoms. The second kappa shape index (κ2) is 6.95. The van der Waals surface area contributed by atoms with E-state index < -0.39 is 5.97 Å². The first kappa shape index (κ1) is 14.4. The number of aromatic nitrogens is 1. The summed E-state index contributed by atoms with van der Waals surface area (Å²) in [4.78, 5) is 26.3. The van der Waals surface area contributed by atoms with Crippen LogP contribution in [0.1, 0.15) is 23.2 Å². The molecular formula is C11H13BrN2O4. The summed E-state index contributed by atoms with van der Waals surface area (Å²) in [5.41, 5.74) is 5.78. The number of halogens is 1. The van der Waals surface area contributed by atoms with Crippen LogP contribution in [0, 0.1) is 0 Å². The highest BCUT2D eigenvalue weighted by molar-refractivity contribution is 9.10. The molecule has 0 fully saturated rings. The van der Waals surface area contributed by atoms with Crippen LogP contribution in [0.3, 0.4) is 0 Å². The lowest BCUT2D eigenvalue weighted by Gasteiger charge is -2.06. The lowest BCUT2D eigenvalue weighted by Crippen LogP contribution is -2.10. The Bertz CT molecular complexity index is 451. The molecule has 0 aliphatic rings. The molecule has 98 valence electrons.